The Labute approximate surface area is 104 Å². The third kappa shape index (κ3) is 11.2. The predicted molar refractivity (Wildman–Crippen MR) is 64.1 cm³/mol. The molecule has 0 aromatic heterocycles. The van der Waals surface area contributed by atoms with Crippen LogP contribution in [0.3, 0.4) is 0 Å². The fraction of sp³-hybridized carbons (Fsp3) is 0.833. The lowest BCUT2D eigenvalue weighted by molar-refractivity contribution is -0.849. The first-order valence-corrected chi connectivity index (χ1v) is 5.60. The smallest absolute Gasteiger partial charge is 0.306 e. The number of carboxylic acids is 2. The maximum absolute atomic E-state index is 10.5. The molecular weight excluding hydrogens is 222 g/mol. The van der Waals surface area contributed by atoms with E-state index in [4.69, 9.17) is 5.11 Å². The summed E-state index contributed by atoms with van der Waals surface area (Å²) in [6, 6.07) is 0. The van der Waals surface area contributed by atoms with E-state index in [1.807, 2.05) is 0 Å². The molecule has 0 aromatic carbocycles. The van der Waals surface area contributed by atoms with Crippen LogP contribution in [-0.4, -0.2) is 49.7 Å². The van der Waals surface area contributed by atoms with Crippen LogP contribution in [0.25, 0.3) is 0 Å². The van der Waals surface area contributed by atoms with E-state index in [1.165, 1.54) is 13.8 Å². The van der Waals surface area contributed by atoms with Crippen LogP contribution in [0.2, 0.25) is 0 Å². The SMILES string of the molecule is CC(C(=O)[O-])C(C)C(C)C(=O)O.C[N+](C)(C)C. The summed E-state index contributed by atoms with van der Waals surface area (Å²) in [6.07, 6.45) is 0. The van der Waals surface area contributed by atoms with E-state index in [-0.39, 0.29) is 0 Å². The predicted octanol–water partition coefficient (Wildman–Crippen LogP) is 0.0516. The standard InChI is InChI=1S/C8H14O4.C4H12N/c1-4(5(2)7(9)10)6(3)8(11)12;1-5(2,3)4/h4-6H,1-3H3,(H,9,10)(H,11,12);1-4H3/q;+1/p-1. The molecule has 102 valence electrons. The van der Waals surface area contributed by atoms with Gasteiger partial charge in [-0.25, -0.2) is 0 Å². The fourth-order valence-electron chi connectivity index (χ4n) is 0.873. The van der Waals surface area contributed by atoms with Crippen LogP contribution in [-0.2, 0) is 9.59 Å². The van der Waals surface area contributed by atoms with Crippen molar-refractivity contribution in [2.75, 3.05) is 28.2 Å². The van der Waals surface area contributed by atoms with Gasteiger partial charge in [-0.15, -0.1) is 0 Å². The molecule has 0 aliphatic rings. The monoisotopic (exact) mass is 247 g/mol. The minimum Gasteiger partial charge on any atom is -0.550 e. The second-order valence-electron chi connectivity index (χ2n) is 5.78. The lowest BCUT2D eigenvalue weighted by atomic mass is 9.85. The van der Waals surface area contributed by atoms with Crippen LogP contribution in [0.4, 0.5) is 0 Å². The number of nitrogens with zero attached hydrogens (tertiary/aromatic N) is 1. The van der Waals surface area contributed by atoms with Gasteiger partial charge in [0.15, 0.2) is 0 Å². The molecule has 0 rings (SSSR count). The van der Waals surface area contributed by atoms with Crippen LogP contribution in [0.5, 0.6) is 0 Å². The number of carbonyl (C=O) groups is 2. The summed E-state index contributed by atoms with van der Waals surface area (Å²) >= 11 is 0. The van der Waals surface area contributed by atoms with Crippen molar-refractivity contribution in [2.24, 2.45) is 17.8 Å². The molecule has 3 atom stereocenters. The average molecular weight is 247 g/mol. The first kappa shape index (κ1) is 18.3. The van der Waals surface area contributed by atoms with E-state index < -0.39 is 29.7 Å². The summed E-state index contributed by atoms with van der Waals surface area (Å²) in [4.78, 5) is 20.8. The highest BCUT2D eigenvalue weighted by Crippen LogP contribution is 2.19. The van der Waals surface area contributed by atoms with E-state index in [9.17, 15) is 14.7 Å². The average Bonchev–Trinajstić information content (AvgIpc) is 2.11. The Bertz CT molecular complexity index is 232. The quantitative estimate of drug-likeness (QED) is 0.712. The molecule has 0 radical (unpaired) electrons. The van der Waals surface area contributed by atoms with Crippen LogP contribution < -0.4 is 5.11 Å². The Balaban J connectivity index is 0. The molecule has 0 amide bonds. The van der Waals surface area contributed by atoms with Crippen molar-refractivity contribution in [2.45, 2.75) is 20.8 Å². The molecule has 3 unspecified atom stereocenters. The van der Waals surface area contributed by atoms with Crippen molar-refractivity contribution in [3.63, 3.8) is 0 Å². The summed E-state index contributed by atoms with van der Waals surface area (Å²) in [5.41, 5.74) is 0. The van der Waals surface area contributed by atoms with Crippen LogP contribution in [0.1, 0.15) is 20.8 Å². The molecule has 0 spiro atoms. The fourth-order valence-corrected chi connectivity index (χ4v) is 0.873. The summed E-state index contributed by atoms with van der Waals surface area (Å²) in [5, 5.41) is 18.9. The zero-order chi connectivity index (χ0) is 14.4. The Morgan fingerprint density at radius 2 is 1.29 bits per heavy atom. The number of carboxylic acid groups (broad SMARTS) is 2. The molecule has 0 saturated heterocycles. The summed E-state index contributed by atoms with van der Waals surface area (Å²) < 4.78 is 1.00. The maximum atomic E-state index is 10.5. The number of carbonyl (C=O) groups excluding carboxylic acids is 1. The highest BCUT2D eigenvalue weighted by atomic mass is 16.4. The van der Waals surface area contributed by atoms with E-state index in [0.29, 0.717) is 0 Å². The van der Waals surface area contributed by atoms with Crippen molar-refractivity contribution >= 4 is 11.9 Å². The van der Waals surface area contributed by atoms with Crippen LogP contribution in [0.15, 0.2) is 0 Å². The molecule has 0 fully saturated rings. The highest BCUT2D eigenvalue weighted by molar-refractivity contribution is 5.72. The molecule has 5 nitrogen and oxygen atoms in total. The van der Waals surface area contributed by atoms with Gasteiger partial charge >= 0.3 is 5.97 Å². The lowest BCUT2D eigenvalue weighted by Gasteiger charge is -2.23. The van der Waals surface area contributed by atoms with Crippen LogP contribution >= 0.6 is 0 Å². The third-order valence-corrected chi connectivity index (χ3v) is 2.34. The van der Waals surface area contributed by atoms with Crippen molar-refractivity contribution in [1.29, 1.82) is 0 Å². The van der Waals surface area contributed by atoms with Gasteiger partial charge in [0, 0.05) is 5.97 Å². The number of quaternary nitrogens is 1. The highest BCUT2D eigenvalue weighted by Gasteiger charge is 2.24. The molecule has 17 heavy (non-hydrogen) atoms. The molecule has 0 heterocycles. The number of hydrogen-bond donors (Lipinski definition) is 1. The van der Waals surface area contributed by atoms with Crippen LogP contribution in [0, 0.1) is 17.8 Å². The minimum absolute atomic E-state index is 0.410. The molecule has 0 bridgehead atoms. The number of aliphatic carboxylic acids is 2. The van der Waals surface area contributed by atoms with E-state index in [1.54, 1.807) is 6.92 Å². The van der Waals surface area contributed by atoms with Crippen molar-refractivity contribution in [3.05, 3.63) is 0 Å². The molecule has 0 saturated carbocycles. The Kier molecular flexibility index (Phi) is 7.81. The van der Waals surface area contributed by atoms with E-state index in [2.05, 4.69) is 28.2 Å². The Morgan fingerprint density at radius 1 is 1.00 bits per heavy atom. The third-order valence-electron chi connectivity index (χ3n) is 2.34. The first-order valence-electron chi connectivity index (χ1n) is 5.60. The molecule has 1 N–H and O–H groups in total. The van der Waals surface area contributed by atoms with Gasteiger partial charge in [0.2, 0.25) is 0 Å². The molecule has 0 aliphatic carbocycles. The first-order chi connectivity index (χ1) is 7.37. The second kappa shape index (κ2) is 7.27. The van der Waals surface area contributed by atoms with E-state index in [0.717, 1.165) is 4.48 Å². The van der Waals surface area contributed by atoms with Crippen molar-refractivity contribution in [1.82, 2.24) is 0 Å². The maximum Gasteiger partial charge on any atom is 0.306 e. The van der Waals surface area contributed by atoms with Gasteiger partial charge in [-0.05, 0) is 11.8 Å². The van der Waals surface area contributed by atoms with Gasteiger partial charge in [0.25, 0.3) is 0 Å². The van der Waals surface area contributed by atoms with Gasteiger partial charge in [-0.3, -0.25) is 4.79 Å². The summed E-state index contributed by atoms with van der Waals surface area (Å²) in [7, 11) is 8.50. The minimum atomic E-state index is -1.20. The van der Waals surface area contributed by atoms with E-state index >= 15 is 0 Å². The van der Waals surface area contributed by atoms with Gasteiger partial charge in [0.05, 0.1) is 34.1 Å². The summed E-state index contributed by atoms with van der Waals surface area (Å²) in [5.74, 6) is -3.97. The summed E-state index contributed by atoms with van der Waals surface area (Å²) in [6.45, 7) is 4.55. The zero-order valence-corrected chi connectivity index (χ0v) is 11.9. The number of hydrogen-bond acceptors (Lipinski definition) is 3. The van der Waals surface area contributed by atoms with Gasteiger partial charge in [-0.1, -0.05) is 20.8 Å². The zero-order valence-electron chi connectivity index (χ0n) is 11.9. The largest absolute Gasteiger partial charge is 0.550 e. The van der Waals surface area contributed by atoms with Gasteiger partial charge in [-0.2, -0.15) is 0 Å². The second-order valence-corrected chi connectivity index (χ2v) is 5.78. The number of rotatable bonds is 4. The van der Waals surface area contributed by atoms with Gasteiger partial charge < -0.3 is 19.5 Å². The normalized spacial score (nSPS) is 16.2. The van der Waals surface area contributed by atoms with Crippen molar-refractivity contribution < 1.29 is 24.3 Å². The topological polar surface area (TPSA) is 77.4 Å². The Hall–Kier alpha value is -1.10. The molecule has 0 aliphatic heterocycles. The van der Waals surface area contributed by atoms with Gasteiger partial charge in [0.1, 0.15) is 0 Å². The molecule has 0 aromatic rings. The molecular formula is C12H25NO4. The van der Waals surface area contributed by atoms with Crippen molar-refractivity contribution in [3.8, 4) is 0 Å². The Morgan fingerprint density at radius 3 is 1.47 bits per heavy atom. The molecule has 5 heteroatoms. The lowest BCUT2D eigenvalue weighted by Crippen LogP contribution is -2.37.